The van der Waals surface area contributed by atoms with Crippen LogP contribution in [0.15, 0.2) is 18.2 Å². The molecule has 5 heteroatoms. The van der Waals surface area contributed by atoms with Gasteiger partial charge in [0.25, 0.3) is 0 Å². The first-order chi connectivity index (χ1) is 8.16. The van der Waals surface area contributed by atoms with Crippen molar-refractivity contribution in [3.05, 3.63) is 35.1 Å². The molecule has 0 saturated carbocycles. The van der Waals surface area contributed by atoms with E-state index in [9.17, 15) is 9.18 Å². The van der Waals surface area contributed by atoms with Gasteiger partial charge in [-0.05, 0) is 24.1 Å². The fourth-order valence-electron chi connectivity index (χ4n) is 1.68. The van der Waals surface area contributed by atoms with Gasteiger partial charge >= 0.3 is 5.97 Å². The van der Waals surface area contributed by atoms with E-state index in [2.05, 4.69) is 0 Å². The van der Waals surface area contributed by atoms with Gasteiger partial charge in [-0.2, -0.15) is 0 Å². The summed E-state index contributed by atoms with van der Waals surface area (Å²) in [5.41, 5.74) is 0.303. The lowest BCUT2D eigenvalue weighted by molar-refractivity contribution is 0.0316. The number of halogens is 1. The summed E-state index contributed by atoms with van der Waals surface area (Å²) in [6.07, 6.45) is 0.896. The molecule has 1 unspecified atom stereocenters. The second kappa shape index (κ2) is 5.25. The van der Waals surface area contributed by atoms with Gasteiger partial charge in [0.15, 0.2) is 0 Å². The minimum atomic E-state index is -1.26. The number of carboxylic acids is 1. The zero-order valence-electron chi connectivity index (χ0n) is 9.19. The number of aromatic carboxylic acids is 1. The Hall–Kier alpha value is -1.46. The third-order valence-electron chi connectivity index (χ3n) is 2.64. The van der Waals surface area contributed by atoms with E-state index in [4.69, 9.17) is 14.6 Å². The molecule has 0 aliphatic carbocycles. The first-order valence-corrected chi connectivity index (χ1v) is 5.38. The molecule has 0 radical (unpaired) electrons. The summed E-state index contributed by atoms with van der Waals surface area (Å²) >= 11 is 0. The average Bonchev–Trinajstić information content (AvgIpc) is 2.78. The van der Waals surface area contributed by atoms with Gasteiger partial charge in [-0.3, -0.25) is 0 Å². The summed E-state index contributed by atoms with van der Waals surface area (Å²) in [6.45, 7) is 1.53. The zero-order valence-corrected chi connectivity index (χ0v) is 9.19. The maximum absolute atomic E-state index is 13.3. The van der Waals surface area contributed by atoms with Gasteiger partial charge in [0.1, 0.15) is 5.82 Å². The van der Waals surface area contributed by atoms with Crippen LogP contribution in [-0.4, -0.2) is 30.4 Å². The summed E-state index contributed by atoms with van der Waals surface area (Å²) in [5, 5.41) is 8.67. The molecule has 1 fully saturated rings. The highest BCUT2D eigenvalue weighted by Crippen LogP contribution is 2.14. The van der Waals surface area contributed by atoms with Gasteiger partial charge in [0.2, 0.25) is 0 Å². The topological polar surface area (TPSA) is 55.8 Å². The highest BCUT2D eigenvalue weighted by atomic mass is 19.1. The Morgan fingerprint density at radius 3 is 3.00 bits per heavy atom. The van der Waals surface area contributed by atoms with Crippen LogP contribution in [0.2, 0.25) is 0 Å². The van der Waals surface area contributed by atoms with Crippen molar-refractivity contribution in [2.75, 3.05) is 13.2 Å². The smallest absolute Gasteiger partial charge is 0.338 e. The fraction of sp³-hybridized carbons (Fsp3) is 0.417. The van der Waals surface area contributed by atoms with Crippen LogP contribution in [-0.2, 0) is 16.1 Å². The molecule has 1 aliphatic heterocycles. The Bertz CT molecular complexity index is 413. The number of ether oxygens (including phenoxy) is 2. The molecular formula is C12H13FO4. The molecule has 1 atom stereocenters. The molecule has 1 N–H and O–H groups in total. The lowest BCUT2D eigenvalue weighted by atomic mass is 10.1. The van der Waals surface area contributed by atoms with Gasteiger partial charge in [-0.25, -0.2) is 9.18 Å². The van der Waals surface area contributed by atoms with Crippen LogP contribution in [0.4, 0.5) is 4.39 Å². The van der Waals surface area contributed by atoms with Crippen molar-refractivity contribution in [2.24, 2.45) is 0 Å². The quantitative estimate of drug-likeness (QED) is 0.872. The van der Waals surface area contributed by atoms with Crippen LogP contribution < -0.4 is 0 Å². The first-order valence-electron chi connectivity index (χ1n) is 5.38. The van der Waals surface area contributed by atoms with Gasteiger partial charge < -0.3 is 14.6 Å². The van der Waals surface area contributed by atoms with Gasteiger partial charge in [-0.1, -0.05) is 6.07 Å². The minimum absolute atomic E-state index is 0.0530. The van der Waals surface area contributed by atoms with Crippen molar-refractivity contribution in [1.29, 1.82) is 0 Å². The van der Waals surface area contributed by atoms with Crippen LogP contribution >= 0.6 is 0 Å². The second-order valence-corrected chi connectivity index (χ2v) is 3.92. The van der Waals surface area contributed by atoms with Crippen LogP contribution in [0.25, 0.3) is 0 Å². The predicted octanol–water partition coefficient (Wildman–Crippen LogP) is 1.83. The second-order valence-electron chi connectivity index (χ2n) is 3.92. The van der Waals surface area contributed by atoms with Crippen LogP contribution in [0.5, 0.6) is 0 Å². The van der Waals surface area contributed by atoms with E-state index in [1.807, 2.05) is 0 Å². The molecule has 1 aromatic rings. The highest BCUT2D eigenvalue weighted by Gasteiger charge is 2.16. The Labute approximate surface area is 98.0 Å². The monoisotopic (exact) mass is 240 g/mol. The number of carboxylic acid groups (broad SMARTS) is 1. The van der Waals surface area contributed by atoms with E-state index in [0.717, 1.165) is 6.42 Å². The van der Waals surface area contributed by atoms with E-state index in [-0.39, 0.29) is 18.3 Å². The maximum atomic E-state index is 13.3. The van der Waals surface area contributed by atoms with Crippen LogP contribution in [0.3, 0.4) is 0 Å². The van der Waals surface area contributed by atoms with E-state index in [1.165, 1.54) is 12.1 Å². The van der Waals surface area contributed by atoms with E-state index >= 15 is 0 Å². The van der Waals surface area contributed by atoms with E-state index in [1.54, 1.807) is 6.07 Å². The standard InChI is InChI=1S/C12H13FO4/c13-11-5-8(1-2-10(11)12(14)15)6-17-9-3-4-16-7-9/h1-2,5,9H,3-4,6-7H2,(H,14,15). The third-order valence-corrected chi connectivity index (χ3v) is 2.64. The van der Waals surface area contributed by atoms with Gasteiger partial charge in [0, 0.05) is 6.61 Å². The van der Waals surface area contributed by atoms with Crippen LogP contribution in [0.1, 0.15) is 22.3 Å². The zero-order chi connectivity index (χ0) is 12.3. The number of benzene rings is 1. The number of carbonyl (C=O) groups is 1. The molecule has 0 amide bonds. The Kier molecular flexibility index (Phi) is 3.71. The summed E-state index contributed by atoms with van der Waals surface area (Å²) in [4.78, 5) is 10.6. The SMILES string of the molecule is O=C(O)c1ccc(COC2CCOC2)cc1F. The molecule has 4 nitrogen and oxygen atoms in total. The molecule has 1 heterocycles. The number of rotatable bonds is 4. The number of hydrogen-bond acceptors (Lipinski definition) is 3. The number of hydrogen-bond donors (Lipinski definition) is 1. The van der Waals surface area contributed by atoms with Gasteiger partial charge in [0.05, 0.1) is 24.9 Å². The van der Waals surface area contributed by atoms with Crippen LogP contribution in [0, 0.1) is 5.82 Å². The molecule has 92 valence electrons. The Balaban J connectivity index is 1.97. The van der Waals surface area contributed by atoms with E-state index in [0.29, 0.717) is 18.8 Å². The first kappa shape index (κ1) is 12.0. The maximum Gasteiger partial charge on any atom is 0.338 e. The normalized spacial score (nSPS) is 19.5. The molecule has 1 aromatic carbocycles. The third kappa shape index (κ3) is 3.01. The molecular weight excluding hydrogens is 227 g/mol. The molecule has 2 rings (SSSR count). The van der Waals surface area contributed by atoms with Crippen molar-refractivity contribution in [1.82, 2.24) is 0 Å². The van der Waals surface area contributed by atoms with Crippen molar-refractivity contribution < 1.29 is 23.8 Å². The molecule has 0 bridgehead atoms. The van der Waals surface area contributed by atoms with Crippen molar-refractivity contribution in [2.45, 2.75) is 19.1 Å². The van der Waals surface area contributed by atoms with Crippen molar-refractivity contribution >= 4 is 5.97 Å². The minimum Gasteiger partial charge on any atom is -0.478 e. The predicted molar refractivity (Wildman–Crippen MR) is 57.4 cm³/mol. The largest absolute Gasteiger partial charge is 0.478 e. The molecule has 0 spiro atoms. The Morgan fingerprint density at radius 1 is 1.59 bits per heavy atom. The average molecular weight is 240 g/mol. The highest BCUT2D eigenvalue weighted by molar-refractivity contribution is 5.87. The van der Waals surface area contributed by atoms with Crippen molar-refractivity contribution in [3.8, 4) is 0 Å². The lowest BCUT2D eigenvalue weighted by Crippen LogP contribution is -2.12. The lowest BCUT2D eigenvalue weighted by Gasteiger charge is -2.10. The summed E-state index contributed by atoms with van der Waals surface area (Å²) in [5.74, 6) is -2.00. The molecule has 17 heavy (non-hydrogen) atoms. The van der Waals surface area contributed by atoms with E-state index < -0.39 is 11.8 Å². The fourth-order valence-corrected chi connectivity index (χ4v) is 1.68. The summed E-state index contributed by atoms with van der Waals surface area (Å²) < 4.78 is 24.0. The molecule has 0 aromatic heterocycles. The van der Waals surface area contributed by atoms with Gasteiger partial charge in [-0.15, -0.1) is 0 Å². The molecule has 1 aliphatic rings. The van der Waals surface area contributed by atoms with Crippen molar-refractivity contribution in [3.63, 3.8) is 0 Å². The summed E-state index contributed by atoms with van der Waals surface area (Å²) in [6, 6.07) is 4.00. The Morgan fingerprint density at radius 2 is 2.41 bits per heavy atom. The summed E-state index contributed by atoms with van der Waals surface area (Å²) in [7, 11) is 0. The molecule has 1 saturated heterocycles.